The standard InChI is InChI=1S/C12H16N2O/c1-3-10(7-8-13)14-11-5-4-6-12(9-11)15-2/h4-6,9-10,14H,3,7H2,1-2H3. The van der Waals surface area contributed by atoms with Crippen LogP contribution in [0.2, 0.25) is 0 Å². The van der Waals surface area contributed by atoms with Gasteiger partial charge in [0.05, 0.1) is 19.6 Å². The molecule has 0 aliphatic rings. The first-order valence-electron chi connectivity index (χ1n) is 5.07. The molecule has 1 rings (SSSR count). The Morgan fingerprint density at radius 2 is 2.33 bits per heavy atom. The van der Waals surface area contributed by atoms with Crippen molar-refractivity contribution in [2.75, 3.05) is 12.4 Å². The molecule has 1 unspecified atom stereocenters. The number of rotatable bonds is 5. The summed E-state index contributed by atoms with van der Waals surface area (Å²) in [6, 6.07) is 10.1. The number of hydrogen-bond acceptors (Lipinski definition) is 3. The van der Waals surface area contributed by atoms with Crippen molar-refractivity contribution in [2.45, 2.75) is 25.8 Å². The average molecular weight is 204 g/mol. The van der Waals surface area contributed by atoms with Gasteiger partial charge in [0.25, 0.3) is 0 Å². The molecule has 1 aromatic carbocycles. The molecule has 0 aromatic heterocycles. The Labute approximate surface area is 90.7 Å². The molecule has 0 radical (unpaired) electrons. The van der Waals surface area contributed by atoms with Crippen molar-refractivity contribution in [1.29, 1.82) is 5.26 Å². The summed E-state index contributed by atoms with van der Waals surface area (Å²) in [7, 11) is 1.64. The van der Waals surface area contributed by atoms with Crippen LogP contribution in [-0.4, -0.2) is 13.2 Å². The summed E-state index contributed by atoms with van der Waals surface area (Å²) >= 11 is 0. The minimum absolute atomic E-state index is 0.210. The average Bonchev–Trinajstić information content (AvgIpc) is 2.29. The van der Waals surface area contributed by atoms with Gasteiger partial charge in [0, 0.05) is 17.8 Å². The molecule has 0 bridgehead atoms. The van der Waals surface area contributed by atoms with E-state index in [-0.39, 0.29) is 6.04 Å². The van der Waals surface area contributed by atoms with Crippen molar-refractivity contribution in [3.8, 4) is 11.8 Å². The van der Waals surface area contributed by atoms with E-state index in [1.807, 2.05) is 24.3 Å². The maximum absolute atomic E-state index is 8.63. The monoisotopic (exact) mass is 204 g/mol. The Kier molecular flexibility index (Phi) is 4.49. The molecule has 3 nitrogen and oxygen atoms in total. The second kappa shape index (κ2) is 5.92. The predicted octanol–water partition coefficient (Wildman–Crippen LogP) is 2.80. The van der Waals surface area contributed by atoms with E-state index in [2.05, 4.69) is 18.3 Å². The molecule has 15 heavy (non-hydrogen) atoms. The van der Waals surface area contributed by atoms with Crippen molar-refractivity contribution >= 4 is 5.69 Å². The van der Waals surface area contributed by atoms with E-state index in [1.165, 1.54) is 0 Å². The fraction of sp³-hybridized carbons (Fsp3) is 0.417. The Balaban J connectivity index is 2.66. The topological polar surface area (TPSA) is 45.0 Å². The van der Waals surface area contributed by atoms with Crippen LogP contribution in [0.3, 0.4) is 0 Å². The molecule has 1 N–H and O–H groups in total. The predicted molar refractivity (Wildman–Crippen MR) is 60.9 cm³/mol. The van der Waals surface area contributed by atoms with Crippen molar-refractivity contribution in [3.63, 3.8) is 0 Å². The third kappa shape index (κ3) is 3.51. The van der Waals surface area contributed by atoms with Gasteiger partial charge in [-0.25, -0.2) is 0 Å². The summed E-state index contributed by atoms with van der Waals surface area (Å²) in [5.41, 5.74) is 0.997. The largest absolute Gasteiger partial charge is 0.497 e. The number of hydrogen-bond donors (Lipinski definition) is 1. The van der Waals surface area contributed by atoms with Crippen LogP contribution in [0, 0.1) is 11.3 Å². The highest BCUT2D eigenvalue weighted by Gasteiger charge is 2.05. The lowest BCUT2D eigenvalue weighted by molar-refractivity contribution is 0.415. The highest BCUT2D eigenvalue weighted by Crippen LogP contribution is 2.18. The summed E-state index contributed by atoms with van der Waals surface area (Å²) in [5, 5.41) is 11.9. The van der Waals surface area contributed by atoms with Gasteiger partial charge in [-0.2, -0.15) is 5.26 Å². The number of nitrogens with zero attached hydrogens (tertiary/aromatic N) is 1. The van der Waals surface area contributed by atoms with E-state index in [1.54, 1.807) is 7.11 Å². The first-order valence-corrected chi connectivity index (χ1v) is 5.07. The van der Waals surface area contributed by atoms with Crippen molar-refractivity contribution in [2.24, 2.45) is 0 Å². The molecule has 0 heterocycles. The van der Waals surface area contributed by atoms with Gasteiger partial charge in [-0.15, -0.1) is 0 Å². The summed E-state index contributed by atoms with van der Waals surface area (Å²) in [5.74, 6) is 0.826. The zero-order valence-corrected chi connectivity index (χ0v) is 9.16. The van der Waals surface area contributed by atoms with Gasteiger partial charge in [0.15, 0.2) is 0 Å². The zero-order chi connectivity index (χ0) is 11.1. The lowest BCUT2D eigenvalue weighted by atomic mass is 10.1. The molecule has 0 spiro atoms. The van der Waals surface area contributed by atoms with Gasteiger partial charge in [-0.3, -0.25) is 0 Å². The molecular formula is C12H16N2O. The van der Waals surface area contributed by atoms with Crippen LogP contribution in [0.5, 0.6) is 5.75 Å². The smallest absolute Gasteiger partial charge is 0.120 e. The second-order valence-electron chi connectivity index (χ2n) is 3.34. The van der Waals surface area contributed by atoms with Crippen molar-refractivity contribution in [3.05, 3.63) is 24.3 Å². The molecule has 0 saturated heterocycles. The summed E-state index contributed by atoms with van der Waals surface area (Å²) in [4.78, 5) is 0. The minimum Gasteiger partial charge on any atom is -0.497 e. The Morgan fingerprint density at radius 1 is 1.53 bits per heavy atom. The summed E-state index contributed by atoms with van der Waals surface area (Å²) < 4.78 is 5.13. The molecule has 0 aliphatic heterocycles. The molecule has 1 aromatic rings. The quantitative estimate of drug-likeness (QED) is 0.802. The number of anilines is 1. The lowest BCUT2D eigenvalue weighted by Crippen LogP contribution is -2.17. The Bertz CT molecular complexity index is 344. The number of nitriles is 1. The van der Waals surface area contributed by atoms with Gasteiger partial charge < -0.3 is 10.1 Å². The molecule has 1 atom stereocenters. The van der Waals surface area contributed by atoms with E-state index in [9.17, 15) is 0 Å². The van der Waals surface area contributed by atoms with Gasteiger partial charge >= 0.3 is 0 Å². The second-order valence-corrected chi connectivity index (χ2v) is 3.34. The summed E-state index contributed by atoms with van der Waals surface area (Å²) in [6.45, 7) is 2.06. The van der Waals surface area contributed by atoms with E-state index >= 15 is 0 Å². The van der Waals surface area contributed by atoms with Gasteiger partial charge in [0.2, 0.25) is 0 Å². The first kappa shape index (κ1) is 11.4. The third-order valence-corrected chi connectivity index (χ3v) is 2.27. The Hall–Kier alpha value is -1.69. The minimum atomic E-state index is 0.210. The number of methoxy groups -OCH3 is 1. The van der Waals surface area contributed by atoms with Crippen molar-refractivity contribution in [1.82, 2.24) is 0 Å². The first-order chi connectivity index (χ1) is 7.30. The SMILES string of the molecule is CCC(CC#N)Nc1cccc(OC)c1. The van der Waals surface area contributed by atoms with E-state index in [4.69, 9.17) is 10.00 Å². The van der Waals surface area contributed by atoms with Gasteiger partial charge in [0.1, 0.15) is 5.75 Å². The fourth-order valence-electron chi connectivity index (χ4n) is 1.36. The molecular weight excluding hydrogens is 188 g/mol. The number of benzene rings is 1. The highest BCUT2D eigenvalue weighted by molar-refractivity contribution is 5.48. The third-order valence-electron chi connectivity index (χ3n) is 2.27. The van der Waals surface area contributed by atoms with Crippen LogP contribution in [0.25, 0.3) is 0 Å². The Morgan fingerprint density at radius 3 is 2.93 bits per heavy atom. The van der Waals surface area contributed by atoms with E-state index in [0.29, 0.717) is 6.42 Å². The van der Waals surface area contributed by atoms with E-state index < -0.39 is 0 Å². The van der Waals surface area contributed by atoms with E-state index in [0.717, 1.165) is 17.9 Å². The van der Waals surface area contributed by atoms with Crippen LogP contribution in [0.1, 0.15) is 19.8 Å². The number of ether oxygens (including phenoxy) is 1. The summed E-state index contributed by atoms with van der Waals surface area (Å²) in [6.07, 6.45) is 1.46. The number of nitrogens with one attached hydrogen (secondary N) is 1. The van der Waals surface area contributed by atoms with Gasteiger partial charge in [-0.1, -0.05) is 13.0 Å². The van der Waals surface area contributed by atoms with Crippen LogP contribution >= 0.6 is 0 Å². The van der Waals surface area contributed by atoms with Gasteiger partial charge in [-0.05, 0) is 18.6 Å². The highest BCUT2D eigenvalue weighted by atomic mass is 16.5. The fourth-order valence-corrected chi connectivity index (χ4v) is 1.36. The zero-order valence-electron chi connectivity index (χ0n) is 9.16. The maximum Gasteiger partial charge on any atom is 0.120 e. The molecule has 0 saturated carbocycles. The molecule has 80 valence electrons. The lowest BCUT2D eigenvalue weighted by Gasteiger charge is -2.15. The normalized spacial score (nSPS) is 11.5. The van der Waals surface area contributed by atoms with Crippen LogP contribution in [0.15, 0.2) is 24.3 Å². The molecule has 0 fully saturated rings. The van der Waals surface area contributed by atoms with Crippen LogP contribution in [0.4, 0.5) is 5.69 Å². The van der Waals surface area contributed by atoms with Crippen molar-refractivity contribution < 1.29 is 4.74 Å². The van der Waals surface area contributed by atoms with Crippen LogP contribution in [-0.2, 0) is 0 Å². The molecule has 0 aliphatic carbocycles. The van der Waals surface area contributed by atoms with Crippen LogP contribution < -0.4 is 10.1 Å². The molecule has 3 heteroatoms. The molecule has 0 amide bonds. The maximum atomic E-state index is 8.63.